The maximum Gasteiger partial charge on any atom is 0.252 e. The van der Waals surface area contributed by atoms with E-state index in [0.29, 0.717) is 0 Å². The molecule has 1 aromatic carbocycles. The van der Waals surface area contributed by atoms with E-state index < -0.39 is 23.8 Å². The summed E-state index contributed by atoms with van der Waals surface area (Å²) in [6.07, 6.45) is -1.30. The molecule has 1 rings (SSSR count). The summed E-state index contributed by atoms with van der Waals surface area (Å²) in [6.45, 7) is 1.24. The van der Waals surface area contributed by atoms with E-state index in [1.165, 1.54) is 25.1 Å². The van der Waals surface area contributed by atoms with E-state index in [1.807, 2.05) is 0 Å². The number of benzene rings is 1. The number of nitrogens with two attached hydrogens (primary N) is 2. The molecule has 0 aliphatic carbocycles. The zero-order valence-electron chi connectivity index (χ0n) is 9.64. The lowest BCUT2D eigenvalue weighted by Crippen LogP contribution is -2.28. The maximum atomic E-state index is 11.4. The van der Waals surface area contributed by atoms with Crippen molar-refractivity contribution in [3.05, 3.63) is 29.3 Å². The Morgan fingerprint density at radius 1 is 1.17 bits per heavy atom. The summed E-state index contributed by atoms with van der Waals surface area (Å²) >= 11 is 0. The Bertz CT molecular complexity index is 479. The van der Waals surface area contributed by atoms with Crippen molar-refractivity contribution in [2.75, 3.05) is 5.32 Å². The Kier molecular flexibility index (Phi) is 4.01. The van der Waals surface area contributed by atoms with Gasteiger partial charge in [0.05, 0.1) is 16.8 Å². The number of hydrogen-bond donors (Lipinski definition) is 4. The van der Waals surface area contributed by atoms with Crippen LogP contribution in [0.15, 0.2) is 18.2 Å². The lowest BCUT2D eigenvalue weighted by Gasteiger charge is -2.13. The molecule has 96 valence electrons. The van der Waals surface area contributed by atoms with Gasteiger partial charge in [0.2, 0.25) is 0 Å². The van der Waals surface area contributed by atoms with Gasteiger partial charge in [0, 0.05) is 0 Å². The first kappa shape index (κ1) is 13.7. The Labute approximate surface area is 103 Å². The smallest absolute Gasteiger partial charge is 0.252 e. The molecule has 0 heterocycles. The third-order valence-corrected chi connectivity index (χ3v) is 2.22. The van der Waals surface area contributed by atoms with Crippen LogP contribution in [0.3, 0.4) is 0 Å². The van der Waals surface area contributed by atoms with Gasteiger partial charge in [0.25, 0.3) is 17.7 Å². The number of nitrogens with one attached hydrogen (secondary N) is 1. The molecule has 0 radical (unpaired) electrons. The highest BCUT2D eigenvalue weighted by Crippen LogP contribution is 2.21. The zero-order valence-corrected chi connectivity index (χ0v) is 9.64. The van der Waals surface area contributed by atoms with Gasteiger partial charge < -0.3 is 21.9 Å². The number of para-hydroxylation sites is 1. The number of hydrogen-bond acceptors (Lipinski definition) is 4. The van der Waals surface area contributed by atoms with Crippen molar-refractivity contribution in [1.82, 2.24) is 0 Å². The van der Waals surface area contributed by atoms with Gasteiger partial charge >= 0.3 is 0 Å². The maximum absolute atomic E-state index is 11.4. The van der Waals surface area contributed by atoms with Gasteiger partial charge in [-0.15, -0.1) is 0 Å². The predicted octanol–water partition coefficient (Wildman–Crippen LogP) is -0.796. The van der Waals surface area contributed by atoms with Gasteiger partial charge in [0.15, 0.2) is 0 Å². The first-order valence-electron chi connectivity index (χ1n) is 5.06. The summed E-state index contributed by atoms with van der Waals surface area (Å²) in [6, 6.07) is 4.09. The fourth-order valence-corrected chi connectivity index (χ4v) is 1.33. The first-order valence-corrected chi connectivity index (χ1v) is 5.06. The van der Waals surface area contributed by atoms with Crippen LogP contribution in [0.5, 0.6) is 0 Å². The second kappa shape index (κ2) is 5.28. The van der Waals surface area contributed by atoms with Crippen molar-refractivity contribution in [1.29, 1.82) is 0 Å². The van der Waals surface area contributed by atoms with Crippen molar-refractivity contribution in [3.63, 3.8) is 0 Å². The Morgan fingerprint density at radius 3 is 1.94 bits per heavy atom. The highest BCUT2D eigenvalue weighted by molar-refractivity contribution is 6.11. The average Bonchev–Trinajstić information content (AvgIpc) is 2.28. The number of aliphatic hydroxyl groups is 1. The van der Waals surface area contributed by atoms with Crippen LogP contribution in [0.4, 0.5) is 5.69 Å². The molecule has 7 nitrogen and oxygen atoms in total. The van der Waals surface area contributed by atoms with E-state index >= 15 is 0 Å². The molecule has 0 saturated heterocycles. The van der Waals surface area contributed by atoms with E-state index in [2.05, 4.69) is 5.32 Å². The molecule has 0 saturated carbocycles. The number of rotatable bonds is 4. The van der Waals surface area contributed by atoms with E-state index in [-0.39, 0.29) is 16.8 Å². The highest BCUT2D eigenvalue weighted by Gasteiger charge is 2.19. The Morgan fingerprint density at radius 2 is 1.61 bits per heavy atom. The minimum atomic E-state index is -1.30. The second-order valence-electron chi connectivity index (χ2n) is 3.62. The minimum Gasteiger partial charge on any atom is -0.384 e. The van der Waals surface area contributed by atoms with Gasteiger partial charge in [0.1, 0.15) is 6.10 Å². The van der Waals surface area contributed by atoms with E-state index in [1.54, 1.807) is 0 Å². The summed E-state index contributed by atoms with van der Waals surface area (Å²) in [4.78, 5) is 33.8. The van der Waals surface area contributed by atoms with Gasteiger partial charge in [-0.3, -0.25) is 14.4 Å². The largest absolute Gasteiger partial charge is 0.384 e. The normalized spacial score (nSPS) is 11.7. The van der Waals surface area contributed by atoms with Crippen LogP contribution in [0, 0.1) is 0 Å². The number of carbonyl (C=O) groups excluding carboxylic acids is 3. The number of primary amides is 2. The van der Waals surface area contributed by atoms with Gasteiger partial charge in [-0.25, -0.2) is 0 Å². The standard InChI is InChI=1S/C11H13N3O4/c1-5(15)11(18)14-8-6(9(12)16)3-2-4-7(8)10(13)17/h2-5,15H,1H3,(H2,12,16)(H2,13,17)(H,14,18). The van der Waals surface area contributed by atoms with Crippen LogP contribution in [0.25, 0.3) is 0 Å². The molecule has 3 amide bonds. The van der Waals surface area contributed by atoms with Crippen LogP contribution in [-0.4, -0.2) is 28.9 Å². The van der Waals surface area contributed by atoms with Crippen molar-refractivity contribution in [2.24, 2.45) is 11.5 Å². The molecule has 0 aromatic heterocycles. The minimum absolute atomic E-state index is 0.0553. The predicted molar refractivity (Wildman–Crippen MR) is 63.8 cm³/mol. The molecule has 7 heteroatoms. The van der Waals surface area contributed by atoms with Gasteiger partial charge in [-0.2, -0.15) is 0 Å². The van der Waals surface area contributed by atoms with Crippen LogP contribution in [0.2, 0.25) is 0 Å². The molecule has 1 atom stereocenters. The Balaban J connectivity index is 3.32. The zero-order chi connectivity index (χ0) is 13.9. The summed E-state index contributed by atoms with van der Waals surface area (Å²) in [5.41, 5.74) is 10.1. The average molecular weight is 251 g/mol. The lowest BCUT2D eigenvalue weighted by atomic mass is 10.1. The Hall–Kier alpha value is -2.41. The third-order valence-electron chi connectivity index (χ3n) is 2.22. The van der Waals surface area contributed by atoms with Crippen LogP contribution < -0.4 is 16.8 Å². The monoisotopic (exact) mass is 251 g/mol. The third kappa shape index (κ3) is 2.83. The van der Waals surface area contributed by atoms with E-state index in [0.717, 1.165) is 0 Å². The van der Waals surface area contributed by atoms with Gasteiger partial charge in [-0.1, -0.05) is 6.07 Å². The molecule has 0 spiro atoms. The molecular formula is C11H13N3O4. The highest BCUT2D eigenvalue weighted by atomic mass is 16.3. The number of anilines is 1. The number of amides is 3. The van der Waals surface area contributed by atoms with E-state index in [4.69, 9.17) is 16.6 Å². The molecule has 0 bridgehead atoms. The van der Waals surface area contributed by atoms with Crippen LogP contribution >= 0.6 is 0 Å². The topological polar surface area (TPSA) is 136 Å². The molecule has 0 aliphatic rings. The molecule has 0 fully saturated rings. The molecule has 1 unspecified atom stereocenters. The van der Waals surface area contributed by atoms with Crippen molar-refractivity contribution < 1.29 is 19.5 Å². The lowest BCUT2D eigenvalue weighted by molar-refractivity contribution is -0.123. The quantitative estimate of drug-likeness (QED) is 0.557. The van der Waals surface area contributed by atoms with Crippen LogP contribution in [-0.2, 0) is 4.79 Å². The fraction of sp³-hybridized carbons (Fsp3) is 0.182. The van der Waals surface area contributed by atoms with Crippen molar-refractivity contribution in [2.45, 2.75) is 13.0 Å². The van der Waals surface area contributed by atoms with Crippen LogP contribution in [0.1, 0.15) is 27.6 Å². The van der Waals surface area contributed by atoms with Crippen molar-refractivity contribution >= 4 is 23.4 Å². The molecule has 18 heavy (non-hydrogen) atoms. The molecule has 0 aliphatic heterocycles. The van der Waals surface area contributed by atoms with Gasteiger partial charge in [-0.05, 0) is 19.1 Å². The summed E-state index contributed by atoms with van der Waals surface area (Å²) in [7, 11) is 0. The number of aliphatic hydroxyl groups excluding tert-OH is 1. The molecule has 6 N–H and O–H groups in total. The number of carbonyl (C=O) groups is 3. The van der Waals surface area contributed by atoms with Crippen molar-refractivity contribution in [3.8, 4) is 0 Å². The SMILES string of the molecule is CC(O)C(=O)Nc1c(C(N)=O)cccc1C(N)=O. The van der Waals surface area contributed by atoms with E-state index in [9.17, 15) is 14.4 Å². The summed E-state index contributed by atoms with van der Waals surface area (Å²) < 4.78 is 0. The summed E-state index contributed by atoms with van der Waals surface area (Å²) in [5.74, 6) is -2.41. The molecule has 1 aromatic rings. The second-order valence-corrected chi connectivity index (χ2v) is 3.62. The molecular weight excluding hydrogens is 238 g/mol. The fourth-order valence-electron chi connectivity index (χ4n) is 1.33. The first-order chi connectivity index (χ1) is 8.34. The summed E-state index contributed by atoms with van der Waals surface area (Å²) in [5, 5.41) is 11.3.